The van der Waals surface area contributed by atoms with E-state index in [1.807, 2.05) is 0 Å². The standard InChI is InChI=1S/C11H21N/c1-11-9-7-5-3-2-4-6-8-10-12-11/h10-11H,2-9H2,1H3/t11-/m1/s1. The molecule has 0 aromatic rings. The highest BCUT2D eigenvalue weighted by molar-refractivity contribution is 5.57. The van der Waals surface area contributed by atoms with E-state index in [0.717, 1.165) is 0 Å². The van der Waals surface area contributed by atoms with E-state index < -0.39 is 0 Å². The smallest absolute Gasteiger partial charge is 0.0467 e. The highest BCUT2D eigenvalue weighted by Gasteiger charge is 1.99. The summed E-state index contributed by atoms with van der Waals surface area (Å²) in [6, 6.07) is 0.572. The first-order valence-electron chi connectivity index (χ1n) is 5.41. The molecule has 0 N–H and O–H groups in total. The van der Waals surface area contributed by atoms with Crippen molar-refractivity contribution in [2.24, 2.45) is 4.99 Å². The van der Waals surface area contributed by atoms with Crippen LogP contribution in [0.3, 0.4) is 0 Å². The van der Waals surface area contributed by atoms with E-state index in [0.29, 0.717) is 6.04 Å². The number of hydrogen-bond acceptors (Lipinski definition) is 1. The Kier molecular flexibility index (Phi) is 5.05. The third-order valence-corrected chi connectivity index (χ3v) is 2.57. The molecule has 70 valence electrons. The fraction of sp³-hybridized carbons (Fsp3) is 0.909. The Balaban J connectivity index is 2.24. The van der Waals surface area contributed by atoms with E-state index in [1.165, 1.54) is 51.4 Å². The highest BCUT2D eigenvalue weighted by atomic mass is 14.7. The summed E-state index contributed by atoms with van der Waals surface area (Å²) < 4.78 is 0. The number of rotatable bonds is 0. The maximum absolute atomic E-state index is 4.50. The number of hydrogen-bond donors (Lipinski definition) is 0. The van der Waals surface area contributed by atoms with Gasteiger partial charge in [-0.15, -0.1) is 0 Å². The molecule has 1 aliphatic heterocycles. The Hall–Kier alpha value is -0.330. The average Bonchev–Trinajstić information content (AvgIpc) is 2.11. The van der Waals surface area contributed by atoms with Gasteiger partial charge in [0.25, 0.3) is 0 Å². The van der Waals surface area contributed by atoms with Crippen LogP contribution in [0.4, 0.5) is 0 Å². The van der Waals surface area contributed by atoms with Gasteiger partial charge in [0.2, 0.25) is 0 Å². The van der Waals surface area contributed by atoms with Gasteiger partial charge in [-0.05, 0) is 32.4 Å². The van der Waals surface area contributed by atoms with Crippen LogP contribution in [0.15, 0.2) is 4.99 Å². The minimum Gasteiger partial charge on any atom is -0.295 e. The molecule has 0 amide bonds. The summed E-state index contributed by atoms with van der Waals surface area (Å²) in [5.74, 6) is 0. The van der Waals surface area contributed by atoms with Crippen LogP contribution in [-0.4, -0.2) is 12.3 Å². The van der Waals surface area contributed by atoms with Crippen molar-refractivity contribution in [3.05, 3.63) is 0 Å². The maximum Gasteiger partial charge on any atom is 0.0467 e. The molecule has 1 aliphatic rings. The zero-order valence-corrected chi connectivity index (χ0v) is 8.26. The van der Waals surface area contributed by atoms with Crippen molar-refractivity contribution >= 4 is 6.21 Å². The summed E-state index contributed by atoms with van der Waals surface area (Å²) in [5.41, 5.74) is 0. The van der Waals surface area contributed by atoms with Crippen molar-refractivity contribution in [2.75, 3.05) is 0 Å². The van der Waals surface area contributed by atoms with Crippen molar-refractivity contribution in [1.82, 2.24) is 0 Å². The molecule has 0 saturated carbocycles. The highest BCUT2D eigenvalue weighted by Crippen LogP contribution is 2.12. The zero-order valence-electron chi connectivity index (χ0n) is 8.26. The SMILES string of the molecule is C[C@@H]1CCCCCCCCC=N1. The van der Waals surface area contributed by atoms with E-state index in [1.54, 1.807) is 0 Å². The van der Waals surface area contributed by atoms with Gasteiger partial charge in [0.05, 0.1) is 0 Å². The molecule has 0 bridgehead atoms. The van der Waals surface area contributed by atoms with Crippen LogP contribution >= 0.6 is 0 Å². The second-order valence-corrected chi connectivity index (χ2v) is 3.88. The topological polar surface area (TPSA) is 12.4 Å². The van der Waals surface area contributed by atoms with Gasteiger partial charge in [-0.25, -0.2) is 0 Å². The molecule has 1 atom stereocenters. The lowest BCUT2D eigenvalue weighted by Gasteiger charge is -2.03. The van der Waals surface area contributed by atoms with Gasteiger partial charge in [-0.1, -0.05) is 32.1 Å². The molecule has 1 heteroatoms. The second kappa shape index (κ2) is 6.22. The van der Waals surface area contributed by atoms with Crippen molar-refractivity contribution < 1.29 is 0 Å². The van der Waals surface area contributed by atoms with Crippen LogP contribution in [0, 0.1) is 0 Å². The monoisotopic (exact) mass is 167 g/mol. The second-order valence-electron chi connectivity index (χ2n) is 3.88. The average molecular weight is 167 g/mol. The summed E-state index contributed by atoms with van der Waals surface area (Å²) in [7, 11) is 0. The van der Waals surface area contributed by atoms with E-state index in [4.69, 9.17) is 0 Å². The Morgan fingerprint density at radius 1 is 1.00 bits per heavy atom. The van der Waals surface area contributed by atoms with E-state index in [-0.39, 0.29) is 0 Å². The fourth-order valence-electron chi connectivity index (χ4n) is 1.71. The van der Waals surface area contributed by atoms with Crippen LogP contribution in [0.25, 0.3) is 0 Å². The van der Waals surface area contributed by atoms with Crippen LogP contribution in [0.5, 0.6) is 0 Å². The third-order valence-electron chi connectivity index (χ3n) is 2.57. The van der Waals surface area contributed by atoms with Crippen LogP contribution in [0.2, 0.25) is 0 Å². The predicted octanol–water partition coefficient (Wildman–Crippen LogP) is 3.58. The Labute approximate surface area is 76.3 Å². The zero-order chi connectivity index (χ0) is 8.65. The van der Waals surface area contributed by atoms with Gasteiger partial charge >= 0.3 is 0 Å². The lowest BCUT2D eigenvalue weighted by Crippen LogP contribution is -1.97. The Morgan fingerprint density at radius 3 is 2.50 bits per heavy atom. The van der Waals surface area contributed by atoms with Crippen LogP contribution in [-0.2, 0) is 0 Å². The summed E-state index contributed by atoms with van der Waals surface area (Å²) in [4.78, 5) is 4.50. The Morgan fingerprint density at radius 2 is 1.67 bits per heavy atom. The first-order valence-corrected chi connectivity index (χ1v) is 5.41. The number of nitrogens with zero attached hydrogens (tertiary/aromatic N) is 1. The van der Waals surface area contributed by atoms with Crippen molar-refractivity contribution in [3.63, 3.8) is 0 Å². The van der Waals surface area contributed by atoms with Crippen LogP contribution < -0.4 is 0 Å². The maximum atomic E-state index is 4.50. The lowest BCUT2D eigenvalue weighted by molar-refractivity contribution is 0.560. The van der Waals surface area contributed by atoms with Gasteiger partial charge in [0.15, 0.2) is 0 Å². The molecule has 0 fully saturated rings. The summed E-state index contributed by atoms with van der Waals surface area (Å²) in [5, 5.41) is 0. The molecular weight excluding hydrogens is 146 g/mol. The molecule has 0 saturated heterocycles. The quantitative estimate of drug-likeness (QED) is 0.523. The Bertz CT molecular complexity index is 129. The van der Waals surface area contributed by atoms with Crippen molar-refractivity contribution in [2.45, 2.75) is 64.3 Å². The largest absolute Gasteiger partial charge is 0.295 e. The minimum atomic E-state index is 0.572. The predicted molar refractivity (Wildman–Crippen MR) is 54.9 cm³/mol. The van der Waals surface area contributed by atoms with Crippen LogP contribution in [0.1, 0.15) is 58.3 Å². The molecule has 0 spiro atoms. The summed E-state index contributed by atoms with van der Waals surface area (Å²) in [6.07, 6.45) is 13.0. The molecule has 12 heavy (non-hydrogen) atoms. The molecule has 0 radical (unpaired) electrons. The normalized spacial score (nSPS) is 27.9. The molecular formula is C11H21N. The molecule has 0 aromatic carbocycles. The molecule has 1 nitrogen and oxygen atoms in total. The minimum absolute atomic E-state index is 0.572. The lowest BCUT2D eigenvalue weighted by atomic mass is 10.1. The summed E-state index contributed by atoms with van der Waals surface area (Å²) in [6.45, 7) is 2.23. The van der Waals surface area contributed by atoms with Gasteiger partial charge in [0, 0.05) is 6.04 Å². The van der Waals surface area contributed by atoms with Gasteiger partial charge in [0.1, 0.15) is 0 Å². The van der Waals surface area contributed by atoms with Crippen molar-refractivity contribution in [1.29, 1.82) is 0 Å². The summed E-state index contributed by atoms with van der Waals surface area (Å²) >= 11 is 0. The van der Waals surface area contributed by atoms with Gasteiger partial charge in [-0.3, -0.25) is 4.99 Å². The van der Waals surface area contributed by atoms with E-state index >= 15 is 0 Å². The molecule has 0 unspecified atom stereocenters. The third kappa shape index (κ3) is 4.53. The van der Waals surface area contributed by atoms with E-state index in [2.05, 4.69) is 18.1 Å². The first kappa shape index (κ1) is 9.76. The molecule has 1 rings (SSSR count). The molecule has 0 aliphatic carbocycles. The van der Waals surface area contributed by atoms with Crippen molar-refractivity contribution in [3.8, 4) is 0 Å². The fourth-order valence-corrected chi connectivity index (χ4v) is 1.71. The van der Waals surface area contributed by atoms with Gasteiger partial charge < -0.3 is 0 Å². The van der Waals surface area contributed by atoms with Gasteiger partial charge in [-0.2, -0.15) is 0 Å². The first-order chi connectivity index (χ1) is 5.89. The number of aliphatic imine (C=N–C) groups is 1. The molecule has 0 aromatic heterocycles. The molecule has 1 heterocycles. The van der Waals surface area contributed by atoms with E-state index in [9.17, 15) is 0 Å².